The van der Waals surface area contributed by atoms with Crippen LogP contribution in [0.25, 0.3) is 12.2 Å². The third kappa shape index (κ3) is 2.98. The quantitative estimate of drug-likeness (QED) is 0.888. The van der Waals surface area contributed by atoms with E-state index in [2.05, 4.69) is 0 Å². The van der Waals surface area contributed by atoms with Gasteiger partial charge in [-0.2, -0.15) is 0 Å². The lowest BCUT2D eigenvalue weighted by atomic mass is 10.2. The van der Waals surface area contributed by atoms with Gasteiger partial charge in [-0.1, -0.05) is 29.8 Å². The molecule has 0 amide bonds. The Labute approximate surface area is 103 Å². The Morgan fingerprint density at radius 2 is 1.88 bits per heavy atom. The Hall–Kier alpha value is -2.00. The summed E-state index contributed by atoms with van der Waals surface area (Å²) in [4.78, 5) is 11.1. The Balaban J connectivity index is 2.23. The first kappa shape index (κ1) is 11.5. The maximum Gasteiger partial charge on any atom is 0.227 e. The Bertz CT molecular complexity index is 597. The highest BCUT2D eigenvalue weighted by molar-refractivity contribution is 6.30. The summed E-state index contributed by atoms with van der Waals surface area (Å²) < 4.78 is 5.02. The first-order valence-corrected chi connectivity index (χ1v) is 5.28. The molecular formula is C13H9ClO3. The third-order valence-electron chi connectivity index (χ3n) is 2.14. The lowest BCUT2D eigenvalue weighted by molar-refractivity contribution is 0.427. The van der Waals surface area contributed by atoms with Crippen LogP contribution >= 0.6 is 11.6 Å². The molecule has 0 aliphatic carbocycles. The van der Waals surface area contributed by atoms with Crippen molar-refractivity contribution in [3.05, 3.63) is 63.2 Å². The van der Waals surface area contributed by atoms with E-state index in [0.717, 1.165) is 11.8 Å². The normalized spacial score (nSPS) is 10.9. The van der Waals surface area contributed by atoms with Gasteiger partial charge >= 0.3 is 0 Å². The molecule has 0 aliphatic rings. The van der Waals surface area contributed by atoms with E-state index in [1.807, 2.05) is 12.1 Å². The summed E-state index contributed by atoms with van der Waals surface area (Å²) in [5.74, 6) is -0.0172. The molecule has 0 saturated carbocycles. The second kappa shape index (κ2) is 4.89. The van der Waals surface area contributed by atoms with Crippen molar-refractivity contribution in [3.8, 4) is 5.75 Å². The number of aromatic hydroxyl groups is 1. The third-order valence-corrected chi connectivity index (χ3v) is 2.39. The summed E-state index contributed by atoms with van der Waals surface area (Å²) in [5, 5.41) is 9.68. The van der Waals surface area contributed by atoms with Crippen molar-refractivity contribution in [1.82, 2.24) is 0 Å². The monoisotopic (exact) mass is 248 g/mol. The van der Waals surface area contributed by atoms with Crippen molar-refractivity contribution >= 4 is 23.8 Å². The number of benzene rings is 1. The lowest BCUT2D eigenvalue weighted by Crippen LogP contribution is -1.97. The first-order valence-electron chi connectivity index (χ1n) is 4.90. The van der Waals surface area contributed by atoms with E-state index >= 15 is 0 Å². The minimum absolute atomic E-state index is 0.378. The van der Waals surface area contributed by atoms with Crippen molar-refractivity contribution in [2.45, 2.75) is 0 Å². The minimum atomic E-state index is -0.466. The lowest BCUT2D eigenvalue weighted by Gasteiger charge is -1.95. The van der Waals surface area contributed by atoms with Crippen LogP contribution in [0.15, 0.2) is 45.8 Å². The van der Waals surface area contributed by atoms with Crippen LogP contribution in [0.3, 0.4) is 0 Å². The molecule has 17 heavy (non-hydrogen) atoms. The summed E-state index contributed by atoms with van der Waals surface area (Å²) in [5.41, 5.74) is 0.470. The molecule has 4 heteroatoms. The van der Waals surface area contributed by atoms with Crippen molar-refractivity contribution < 1.29 is 9.52 Å². The van der Waals surface area contributed by atoms with Crippen LogP contribution < -0.4 is 5.43 Å². The van der Waals surface area contributed by atoms with Crippen LogP contribution in [-0.2, 0) is 0 Å². The molecule has 1 heterocycles. The van der Waals surface area contributed by atoms with Crippen LogP contribution in [0.4, 0.5) is 0 Å². The molecule has 0 unspecified atom stereocenters. The van der Waals surface area contributed by atoms with Gasteiger partial charge in [0.25, 0.3) is 0 Å². The molecule has 0 atom stereocenters. The van der Waals surface area contributed by atoms with Gasteiger partial charge in [-0.3, -0.25) is 4.79 Å². The molecule has 0 fully saturated rings. The van der Waals surface area contributed by atoms with Crippen molar-refractivity contribution in [1.29, 1.82) is 0 Å². The molecule has 1 aromatic heterocycles. The van der Waals surface area contributed by atoms with Crippen LogP contribution in [0.1, 0.15) is 11.3 Å². The van der Waals surface area contributed by atoms with E-state index in [4.69, 9.17) is 21.1 Å². The summed E-state index contributed by atoms with van der Waals surface area (Å²) in [6, 6.07) is 8.46. The summed E-state index contributed by atoms with van der Waals surface area (Å²) in [6.45, 7) is 0. The van der Waals surface area contributed by atoms with Crippen LogP contribution in [0.2, 0.25) is 5.02 Å². The van der Waals surface area contributed by atoms with E-state index in [1.54, 1.807) is 24.3 Å². The van der Waals surface area contributed by atoms with Crippen molar-refractivity contribution in [2.75, 3.05) is 0 Å². The largest absolute Gasteiger partial charge is 0.502 e. The van der Waals surface area contributed by atoms with Gasteiger partial charge in [0.1, 0.15) is 12.0 Å². The molecule has 1 aromatic carbocycles. The van der Waals surface area contributed by atoms with Crippen LogP contribution in [-0.4, -0.2) is 5.11 Å². The molecule has 0 saturated heterocycles. The van der Waals surface area contributed by atoms with Crippen LogP contribution in [0, 0.1) is 0 Å². The number of hydrogen-bond acceptors (Lipinski definition) is 3. The molecule has 1 N–H and O–H groups in total. The van der Waals surface area contributed by atoms with E-state index in [-0.39, 0.29) is 0 Å². The molecule has 0 aliphatic heterocycles. The fourth-order valence-electron chi connectivity index (χ4n) is 1.26. The van der Waals surface area contributed by atoms with E-state index in [9.17, 15) is 4.79 Å². The SMILES string of the molecule is O=c1cc(/C=C\c2ccc(Cl)cc2)occ1O. The zero-order chi connectivity index (χ0) is 12.3. The number of rotatable bonds is 2. The fraction of sp³-hybridized carbons (Fsp3) is 0. The van der Waals surface area contributed by atoms with Gasteiger partial charge in [-0.15, -0.1) is 0 Å². The van der Waals surface area contributed by atoms with Gasteiger partial charge in [0.15, 0.2) is 5.75 Å². The smallest absolute Gasteiger partial charge is 0.227 e. The zero-order valence-electron chi connectivity index (χ0n) is 8.76. The molecule has 2 rings (SSSR count). The first-order chi connectivity index (χ1) is 8.15. The molecule has 0 bridgehead atoms. The topological polar surface area (TPSA) is 50.4 Å². The molecule has 86 valence electrons. The van der Waals surface area contributed by atoms with E-state index < -0.39 is 11.2 Å². The van der Waals surface area contributed by atoms with Gasteiger partial charge in [-0.05, 0) is 23.8 Å². The Kier molecular flexibility index (Phi) is 3.30. The van der Waals surface area contributed by atoms with E-state index in [0.29, 0.717) is 10.8 Å². The molecular weight excluding hydrogens is 240 g/mol. The predicted octanol–water partition coefficient (Wildman–Crippen LogP) is 3.17. The number of hydrogen-bond donors (Lipinski definition) is 1. The predicted molar refractivity (Wildman–Crippen MR) is 67.0 cm³/mol. The maximum absolute atomic E-state index is 11.1. The van der Waals surface area contributed by atoms with Gasteiger partial charge in [0.2, 0.25) is 5.43 Å². The molecule has 2 aromatic rings. The summed E-state index contributed by atoms with van der Waals surface area (Å²) in [6.07, 6.45) is 4.44. The zero-order valence-corrected chi connectivity index (χ0v) is 9.52. The number of halogens is 1. The second-order valence-electron chi connectivity index (χ2n) is 3.42. The minimum Gasteiger partial charge on any atom is -0.502 e. The fourth-order valence-corrected chi connectivity index (χ4v) is 1.38. The Morgan fingerprint density at radius 1 is 1.18 bits per heavy atom. The highest BCUT2D eigenvalue weighted by Gasteiger charge is 1.98. The Morgan fingerprint density at radius 3 is 2.53 bits per heavy atom. The summed E-state index contributed by atoms with van der Waals surface area (Å²) >= 11 is 5.76. The average molecular weight is 249 g/mol. The van der Waals surface area contributed by atoms with Crippen LogP contribution in [0.5, 0.6) is 5.75 Å². The molecule has 0 spiro atoms. The van der Waals surface area contributed by atoms with Gasteiger partial charge < -0.3 is 9.52 Å². The second-order valence-corrected chi connectivity index (χ2v) is 3.85. The molecule has 3 nitrogen and oxygen atoms in total. The standard InChI is InChI=1S/C13H9ClO3/c14-10-4-1-9(2-5-10)3-6-11-7-12(15)13(16)8-17-11/h1-8,16H/b6-3-. The summed E-state index contributed by atoms with van der Waals surface area (Å²) in [7, 11) is 0. The van der Waals surface area contributed by atoms with E-state index in [1.165, 1.54) is 6.07 Å². The highest BCUT2D eigenvalue weighted by atomic mass is 35.5. The molecule has 0 radical (unpaired) electrons. The van der Waals surface area contributed by atoms with Crippen molar-refractivity contribution in [2.24, 2.45) is 0 Å². The van der Waals surface area contributed by atoms with Gasteiger partial charge in [-0.25, -0.2) is 0 Å². The van der Waals surface area contributed by atoms with Crippen molar-refractivity contribution in [3.63, 3.8) is 0 Å². The van der Waals surface area contributed by atoms with Gasteiger partial charge in [0, 0.05) is 11.1 Å². The highest BCUT2D eigenvalue weighted by Crippen LogP contribution is 2.12. The average Bonchev–Trinajstić information content (AvgIpc) is 2.33. The van der Waals surface area contributed by atoms with Gasteiger partial charge in [0.05, 0.1) is 0 Å². The maximum atomic E-state index is 11.1.